The average Bonchev–Trinajstić information content (AvgIpc) is 2.68. The van der Waals surface area contributed by atoms with Gasteiger partial charge in [-0.25, -0.2) is 4.99 Å². The molecule has 1 aromatic rings. The Kier molecular flexibility index (Phi) is 3.48. The number of Topliss-reactive ketones (excluding diaryl/α,β-unsaturated/α-hetero) is 1. The van der Waals surface area contributed by atoms with Crippen molar-refractivity contribution in [2.24, 2.45) is 10.9 Å². The summed E-state index contributed by atoms with van der Waals surface area (Å²) in [4.78, 5) is 15.8. The molecular formula is C13H15ClN2O. The third kappa shape index (κ3) is 2.34. The number of nitrogens with zero attached hydrogens (tertiary/aromatic N) is 2. The van der Waals surface area contributed by atoms with Gasteiger partial charge in [0, 0.05) is 17.6 Å². The molecule has 90 valence electrons. The van der Waals surface area contributed by atoms with Crippen LogP contribution in [0.1, 0.15) is 17.8 Å². The summed E-state index contributed by atoms with van der Waals surface area (Å²) in [5.74, 6) is 0.823. The minimum atomic E-state index is -0.160. The van der Waals surface area contributed by atoms with Crippen molar-refractivity contribution in [3.8, 4) is 0 Å². The van der Waals surface area contributed by atoms with E-state index in [4.69, 9.17) is 11.6 Å². The molecule has 0 radical (unpaired) electrons. The van der Waals surface area contributed by atoms with E-state index in [1.165, 1.54) is 0 Å². The number of aromatic nitrogens is 1. The van der Waals surface area contributed by atoms with Gasteiger partial charge >= 0.3 is 0 Å². The number of carbonyl (C=O) groups excluding carboxylic acids is 1. The summed E-state index contributed by atoms with van der Waals surface area (Å²) < 4.78 is 2.08. The van der Waals surface area contributed by atoms with Crippen LogP contribution in [0.5, 0.6) is 0 Å². The van der Waals surface area contributed by atoms with Gasteiger partial charge in [0.2, 0.25) is 0 Å². The fourth-order valence-corrected chi connectivity index (χ4v) is 2.20. The van der Waals surface area contributed by atoms with E-state index in [2.05, 4.69) is 21.7 Å². The average molecular weight is 251 g/mol. The van der Waals surface area contributed by atoms with E-state index in [1.807, 2.05) is 19.9 Å². The molecule has 0 saturated carbocycles. The first kappa shape index (κ1) is 12.1. The number of allylic oxidation sites excluding steroid dienone is 1. The van der Waals surface area contributed by atoms with Crippen LogP contribution in [-0.2, 0) is 4.79 Å². The van der Waals surface area contributed by atoms with Gasteiger partial charge in [-0.2, -0.15) is 0 Å². The van der Waals surface area contributed by atoms with Gasteiger partial charge in [-0.3, -0.25) is 4.79 Å². The maximum Gasteiger partial charge on any atom is 0.156 e. The molecule has 0 bridgehead atoms. The van der Waals surface area contributed by atoms with Crippen LogP contribution in [0.25, 0.3) is 5.82 Å². The topological polar surface area (TPSA) is 34.4 Å². The molecule has 1 unspecified atom stereocenters. The third-order valence-corrected chi connectivity index (χ3v) is 3.25. The molecule has 4 heteroatoms. The highest BCUT2D eigenvalue weighted by Crippen LogP contribution is 2.21. The summed E-state index contributed by atoms with van der Waals surface area (Å²) in [5, 5.41) is 0. The van der Waals surface area contributed by atoms with Crippen molar-refractivity contribution < 1.29 is 4.79 Å². The molecule has 1 atom stereocenters. The first-order valence-electron chi connectivity index (χ1n) is 5.62. The monoisotopic (exact) mass is 250 g/mol. The van der Waals surface area contributed by atoms with Gasteiger partial charge in [0.15, 0.2) is 5.78 Å². The van der Waals surface area contributed by atoms with E-state index in [-0.39, 0.29) is 17.6 Å². The van der Waals surface area contributed by atoms with E-state index in [0.29, 0.717) is 6.42 Å². The zero-order chi connectivity index (χ0) is 12.4. The number of alkyl halides is 1. The molecule has 2 heterocycles. The largest absolute Gasteiger partial charge is 0.303 e. The van der Waals surface area contributed by atoms with Crippen molar-refractivity contribution in [1.82, 2.24) is 4.57 Å². The molecular weight excluding hydrogens is 236 g/mol. The van der Waals surface area contributed by atoms with Crippen molar-refractivity contribution in [2.45, 2.75) is 20.3 Å². The molecule has 0 aromatic carbocycles. The zero-order valence-corrected chi connectivity index (χ0v) is 10.7. The van der Waals surface area contributed by atoms with E-state index < -0.39 is 0 Å². The van der Waals surface area contributed by atoms with Crippen molar-refractivity contribution in [3.63, 3.8) is 0 Å². The Morgan fingerprint density at radius 2 is 2.12 bits per heavy atom. The van der Waals surface area contributed by atoms with Crippen molar-refractivity contribution in [3.05, 3.63) is 29.6 Å². The van der Waals surface area contributed by atoms with E-state index >= 15 is 0 Å². The number of aliphatic imine (C=N–C) groups is 1. The molecule has 1 aromatic heterocycles. The molecule has 0 fully saturated rings. The molecule has 2 rings (SSSR count). The van der Waals surface area contributed by atoms with Gasteiger partial charge in [0.25, 0.3) is 0 Å². The lowest BCUT2D eigenvalue weighted by molar-refractivity contribution is -0.118. The predicted octanol–water partition coefficient (Wildman–Crippen LogP) is 2.80. The van der Waals surface area contributed by atoms with Gasteiger partial charge in [-0.05, 0) is 38.5 Å². The minimum Gasteiger partial charge on any atom is -0.303 e. The lowest BCUT2D eigenvalue weighted by atomic mass is 10.0. The fourth-order valence-electron chi connectivity index (χ4n) is 2.00. The molecule has 1 aliphatic rings. The second-order valence-corrected chi connectivity index (χ2v) is 4.50. The van der Waals surface area contributed by atoms with Crippen molar-refractivity contribution in [1.29, 1.82) is 0 Å². The highest BCUT2D eigenvalue weighted by Gasteiger charge is 2.18. The number of carbonyl (C=O) groups is 1. The normalized spacial score (nSPS) is 19.2. The standard InChI is InChI=1S/C13H15ClN2O/c1-9-3-4-10(2)16(9)13-6-5-11(8-15-13)12(17)7-14/h3-4,6,8,11H,5,7H2,1-2H3. The first-order chi connectivity index (χ1) is 8.13. The van der Waals surface area contributed by atoms with Crippen molar-refractivity contribution >= 4 is 29.4 Å². The van der Waals surface area contributed by atoms with Crippen LogP contribution in [0.4, 0.5) is 0 Å². The van der Waals surface area contributed by atoms with Gasteiger partial charge < -0.3 is 4.57 Å². The Balaban J connectivity index is 2.21. The maximum absolute atomic E-state index is 11.4. The smallest absolute Gasteiger partial charge is 0.156 e. The fraction of sp³-hybridized carbons (Fsp3) is 0.385. The summed E-state index contributed by atoms with van der Waals surface area (Å²) in [6, 6.07) is 4.11. The van der Waals surface area contributed by atoms with E-state index in [1.54, 1.807) is 6.21 Å². The Morgan fingerprint density at radius 1 is 1.47 bits per heavy atom. The van der Waals surface area contributed by atoms with Crippen LogP contribution in [0.2, 0.25) is 0 Å². The number of halogens is 1. The molecule has 17 heavy (non-hydrogen) atoms. The highest BCUT2D eigenvalue weighted by molar-refractivity contribution is 6.29. The molecule has 1 aliphatic heterocycles. The van der Waals surface area contributed by atoms with Gasteiger partial charge in [0.05, 0.1) is 11.8 Å². The first-order valence-corrected chi connectivity index (χ1v) is 6.15. The van der Waals surface area contributed by atoms with Gasteiger partial charge in [-0.1, -0.05) is 0 Å². The Morgan fingerprint density at radius 3 is 2.59 bits per heavy atom. The molecule has 0 N–H and O–H groups in total. The Bertz CT molecular complexity index is 480. The van der Waals surface area contributed by atoms with Crippen molar-refractivity contribution in [2.75, 3.05) is 5.88 Å². The molecule has 0 aliphatic carbocycles. The highest BCUT2D eigenvalue weighted by atomic mass is 35.5. The molecule has 0 saturated heterocycles. The Labute approximate surface area is 106 Å². The number of ketones is 1. The van der Waals surface area contributed by atoms with Crippen LogP contribution >= 0.6 is 11.6 Å². The van der Waals surface area contributed by atoms with Gasteiger partial charge in [-0.15, -0.1) is 11.6 Å². The van der Waals surface area contributed by atoms with Crippen LogP contribution in [0.3, 0.4) is 0 Å². The number of hydrogen-bond donors (Lipinski definition) is 0. The molecule has 0 spiro atoms. The van der Waals surface area contributed by atoms with E-state index in [0.717, 1.165) is 17.2 Å². The third-order valence-electron chi connectivity index (χ3n) is 2.99. The lowest BCUT2D eigenvalue weighted by Crippen LogP contribution is -2.19. The predicted molar refractivity (Wildman–Crippen MR) is 70.5 cm³/mol. The second-order valence-electron chi connectivity index (χ2n) is 4.23. The number of hydrogen-bond acceptors (Lipinski definition) is 2. The van der Waals surface area contributed by atoms with Crippen LogP contribution in [0.15, 0.2) is 23.2 Å². The number of aryl methyl sites for hydroxylation is 2. The quantitative estimate of drug-likeness (QED) is 0.760. The summed E-state index contributed by atoms with van der Waals surface area (Å²) in [6.07, 6.45) is 4.38. The molecule has 3 nitrogen and oxygen atoms in total. The van der Waals surface area contributed by atoms with Crippen LogP contribution in [-0.4, -0.2) is 22.4 Å². The zero-order valence-electron chi connectivity index (χ0n) is 9.98. The number of rotatable bonds is 3. The Hall–Kier alpha value is -1.35. The van der Waals surface area contributed by atoms with Crippen LogP contribution < -0.4 is 0 Å². The summed E-state index contributed by atoms with van der Waals surface area (Å²) in [5.41, 5.74) is 2.29. The summed E-state index contributed by atoms with van der Waals surface area (Å²) in [6.45, 7) is 4.08. The van der Waals surface area contributed by atoms with Gasteiger partial charge in [0.1, 0.15) is 5.82 Å². The second kappa shape index (κ2) is 4.88. The summed E-state index contributed by atoms with van der Waals surface area (Å²) in [7, 11) is 0. The summed E-state index contributed by atoms with van der Waals surface area (Å²) >= 11 is 5.53. The minimum absolute atomic E-state index is 0.0340. The molecule has 0 amide bonds. The lowest BCUT2D eigenvalue weighted by Gasteiger charge is -2.16. The maximum atomic E-state index is 11.4. The van der Waals surface area contributed by atoms with E-state index in [9.17, 15) is 4.79 Å². The van der Waals surface area contributed by atoms with Crippen LogP contribution in [0, 0.1) is 19.8 Å². The SMILES string of the molecule is Cc1ccc(C)n1C1=CCC(C(=O)CCl)C=N1.